The molecule has 2 aromatic rings. The van der Waals surface area contributed by atoms with Crippen LogP contribution in [0.2, 0.25) is 0 Å². The topological polar surface area (TPSA) is 50.1 Å². The highest BCUT2D eigenvalue weighted by atomic mass is 16.5. The van der Waals surface area contributed by atoms with Gasteiger partial charge in [0.25, 0.3) is 0 Å². The lowest BCUT2D eigenvalue weighted by molar-refractivity contribution is -0.131. The quantitative estimate of drug-likeness (QED) is 0.621. The van der Waals surface area contributed by atoms with Gasteiger partial charge in [-0.25, -0.2) is 4.79 Å². The zero-order chi connectivity index (χ0) is 14.7. The van der Waals surface area contributed by atoms with Gasteiger partial charge in [0.1, 0.15) is 17.4 Å². The van der Waals surface area contributed by atoms with E-state index in [0.717, 1.165) is 11.1 Å². The molecular weight excluding hydrogens is 262 g/mol. The van der Waals surface area contributed by atoms with Crippen molar-refractivity contribution in [3.63, 3.8) is 0 Å². The van der Waals surface area contributed by atoms with E-state index in [9.17, 15) is 10.1 Å². The summed E-state index contributed by atoms with van der Waals surface area (Å²) in [4.78, 5) is 12.0. The third-order valence-corrected chi connectivity index (χ3v) is 3.20. The van der Waals surface area contributed by atoms with Gasteiger partial charge in [0.15, 0.2) is 0 Å². The first-order chi connectivity index (χ1) is 10.3. The molecule has 0 N–H and O–H groups in total. The van der Waals surface area contributed by atoms with Crippen molar-refractivity contribution in [2.45, 2.75) is 0 Å². The Kier molecular flexibility index (Phi) is 3.36. The summed E-state index contributed by atoms with van der Waals surface area (Å²) in [6.07, 6.45) is 1.63. The van der Waals surface area contributed by atoms with Crippen LogP contribution in [0.15, 0.2) is 72.5 Å². The number of cyclic esters (lactones) is 1. The Morgan fingerprint density at radius 1 is 0.952 bits per heavy atom. The Bertz CT molecular complexity index is 781. The third-order valence-electron chi connectivity index (χ3n) is 3.20. The van der Waals surface area contributed by atoms with Gasteiger partial charge in [-0.1, -0.05) is 60.7 Å². The first-order valence-electron chi connectivity index (χ1n) is 6.48. The number of benzene rings is 2. The average Bonchev–Trinajstić information content (AvgIpc) is 2.92. The lowest BCUT2D eigenvalue weighted by atomic mass is 10.0. The smallest absolute Gasteiger partial charge is 0.344 e. The molecule has 0 atom stereocenters. The summed E-state index contributed by atoms with van der Waals surface area (Å²) in [6.45, 7) is 0. The van der Waals surface area contributed by atoms with Crippen molar-refractivity contribution in [1.29, 1.82) is 5.26 Å². The maximum atomic E-state index is 12.0. The molecule has 1 aliphatic rings. The van der Waals surface area contributed by atoms with E-state index in [-0.39, 0.29) is 0 Å². The minimum atomic E-state index is -0.431. The van der Waals surface area contributed by atoms with Gasteiger partial charge in [-0.15, -0.1) is 0 Å². The van der Waals surface area contributed by atoms with Crippen LogP contribution in [0.25, 0.3) is 11.1 Å². The van der Waals surface area contributed by atoms with E-state index in [2.05, 4.69) is 6.07 Å². The highest BCUT2D eigenvalue weighted by Crippen LogP contribution is 2.30. The van der Waals surface area contributed by atoms with Gasteiger partial charge in [-0.2, -0.15) is 5.26 Å². The molecule has 1 heterocycles. The number of nitriles is 1. The number of hydrogen-bond acceptors (Lipinski definition) is 3. The number of ether oxygens (including phenoxy) is 1. The Morgan fingerprint density at radius 3 is 2.19 bits per heavy atom. The van der Waals surface area contributed by atoms with Crippen LogP contribution in [0, 0.1) is 11.3 Å². The van der Waals surface area contributed by atoms with Crippen molar-refractivity contribution in [3.8, 4) is 6.07 Å². The molecule has 0 fully saturated rings. The van der Waals surface area contributed by atoms with Crippen LogP contribution in [0.1, 0.15) is 11.1 Å². The highest BCUT2D eigenvalue weighted by Gasteiger charge is 2.25. The van der Waals surface area contributed by atoms with Crippen molar-refractivity contribution in [2.75, 3.05) is 0 Å². The van der Waals surface area contributed by atoms with Gasteiger partial charge in [0.05, 0.1) is 5.57 Å². The molecule has 21 heavy (non-hydrogen) atoms. The van der Waals surface area contributed by atoms with Crippen LogP contribution in [-0.4, -0.2) is 5.97 Å². The van der Waals surface area contributed by atoms with Crippen LogP contribution in [0.5, 0.6) is 0 Å². The van der Waals surface area contributed by atoms with Crippen molar-refractivity contribution < 1.29 is 9.53 Å². The molecule has 0 aromatic heterocycles. The first kappa shape index (κ1) is 12.9. The Hall–Kier alpha value is -3.12. The van der Waals surface area contributed by atoms with Crippen LogP contribution in [0.3, 0.4) is 0 Å². The Morgan fingerprint density at radius 2 is 1.57 bits per heavy atom. The second-order valence-electron chi connectivity index (χ2n) is 4.53. The molecule has 100 valence electrons. The lowest BCUT2D eigenvalue weighted by Crippen LogP contribution is -1.98. The third kappa shape index (κ3) is 2.47. The number of carbonyl (C=O) groups is 1. The molecule has 0 saturated carbocycles. The molecule has 0 spiro atoms. The summed E-state index contributed by atoms with van der Waals surface area (Å²) in [5, 5.41) is 9.35. The van der Waals surface area contributed by atoms with E-state index in [0.29, 0.717) is 16.9 Å². The molecule has 0 aliphatic carbocycles. The number of esters is 1. The van der Waals surface area contributed by atoms with E-state index in [1.54, 1.807) is 6.08 Å². The number of hydrogen-bond donors (Lipinski definition) is 0. The van der Waals surface area contributed by atoms with Gasteiger partial charge >= 0.3 is 5.97 Å². The summed E-state index contributed by atoms with van der Waals surface area (Å²) in [7, 11) is 0. The zero-order valence-corrected chi connectivity index (χ0v) is 11.1. The molecule has 0 amide bonds. The molecule has 2 aromatic carbocycles. The van der Waals surface area contributed by atoms with Crippen LogP contribution >= 0.6 is 0 Å². The zero-order valence-electron chi connectivity index (χ0n) is 11.1. The second-order valence-corrected chi connectivity index (χ2v) is 4.53. The maximum Gasteiger partial charge on any atom is 0.344 e. The summed E-state index contributed by atoms with van der Waals surface area (Å²) < 4.78 is 5.26. The molecule has 1 aliphatic heterocycles. The fourth-order valence-corrected chi connectivity index (χ4v) is 2.18. The van der Waals surface area contributed by atoms with Crippen molar-refractivity contribution in [2.24, 2.45) is 0 Å². The van der Waals surface area contributed by atoms with Crippen molar-refractivity contribution in [1.82, 2.24) is 0 Å². The number of rotatable bonds is 2. The minimum absolute atomic E-state index is 0.299. The number of carbonyl (C=O) groups excluding carboxylic acids is 1. The molecular formula is C18H11NO2. The summed E-state index contributed by atoms with van der Waals surface area (Å²) >= 11 is 0. The fourth-order valence-electron chi connectivity index (χ4n) is 2.18. The molecule has 3 nitrogen and oxygen atoms in total. The number of nitrogens with zero attached hydrogens (tertiary/aromatic N) is 1. The molecule has 0 unspecified atom stereocenters. The van der Waals surface area contributed by atoms with E-state index in [1.165, 1.54) is 0 Å². The molecule has 0 saturated heterocycles. The molecule has 3 heteroatoms. The van der Waals surface area contributed by atoms with E-state index < -0.39 is 5.97 Å². The minimum Gasteiger partial charge on any atom is -0.421 e. The van der Waals surface area contributed by atoms with E-state index in [4.69, 9.17) is 4.74 Å². The average molecular weight is 273 g/mol. The fraction of sp³-hybridized carbons (Fsp3) is 0. The maximum absolute atomic E-state index is 12.0. The Balaban J connectivity index is 2.09. The van der Waals surface area contributed by atoms with Gasteiger partial charge in [-0.05, 0) is 17.2 Å². The van der Waals surface area contributed by atoms with Gasteiger partial charge in [0.2, 0.25) is 0 Å². The van der Waals surface area contributed by atoms with Gasteiger partial charge in [0, 0.05) is 0 Å². The number of allylic oxidation sites excluding steroid dienone is 2. The van der Waals surface area contributed by atoms with Crippen LogP contribution < -0.4 is 0 Å². The summed E-state index contributed by atoms with van der Waals surface area (Å²) in [6, 6.07) is 20.6. The monoisotopic (exact) mass is 273 g/mol. The normalized spacial score (nSPS) is 16.0. The van der Waals surface area contributed by atoms with Crippen LogP contribution in [-0.2, 0) is 9.53 Å². The molecule has 0 radical (unpaired) electrons. The van der Waals surface area contributed by atoms with Crippen molar-refractivity contribution in [3.05, 3.63) is 83.6 Å². The lowest BCUT2D eigenvalue weighted by Gasteiger charge is -2.01. The molecule has 0 bridgehead atoms. The largest absolute Gasteiger partial charge is 0.421 e. The Labute approximate surface area is 122 Å². The SMILES string of the molecule is N#CC(=C1C=C(c2ccccc2)C(=O)O1)c1ccccc1. The van der Waals surface area contributed by atoms with Gasteiger partial charge in [-0.3, -0.25) is 0 Å². The summed E-state index contributed by atoms with van der Waals surface area (Å²) in [5.74, 6) is -0.132. The predicted octanol–water partition coefficient (Wildman–Crippen LogP) is 3.56. The summed E-state index contributed by atoms with van der Waals surface area (Å²) in [5.41, 5.74) is 2.33. The molecule has 3 rings (SSSR count). The first-order valence-corrected chi connectivity index (χ1v) is 6.48. The van der Waals surface area contributed by atoms with Gasteiger partial charge < -0.3 is 4.74 Å². The van der Waals surface area contributed by atoms with Crippen molar-refractivity contribution >= 4 is 17.1 Å². The highest BCUT2D eigenvalue weighted by molar-refractivity contribution is 6.20. The second kappa shape index (κ2) is 5.48. The van der Waals surface area contributed by atoms with E-state index >= 15 is 0 Å². The van der Waals surface area contributed by atoms with E-state index in [1.807, 2.05) is 60.7 Å². The van der Waals surface area contributed by atoms with Crippen LogP contribution in [0.4, 0.5) is 0 Å². The standard InChI is InChI=1S/C18H11NO2/c19-12-16(14-9-5-2-6-10-14)17-11-15(18(20)21-17)13-7-3-1-4-8-13/h1-11H. The predicted molar refractivity (Wildman–Crippen MR) is 79.5 cm³/mol.